The number of hydrazone groups is 1. The van der Waals surface area contributed by atoms with Crippen molar-refractivity contribution < 1.29 is 19.0 Å². The van der Waals surface area contributed by atoms with Gasteiger partial charge in [0.1, 0.15) is 0 Å². The van der Waals surface area contributed by atoms with Gasteiger partial charge in [-0.1, -0.05) is 18.2 Å². The third-order valence-electron chi connectivity index (χ3n) is 4.58. The number of ether oxygens (including phenoxy) is 3. The summed E-state index contributed by atoms with van der Waals surface area (Å²) in [7, 11) is 4.63. The number of thioether (sulfide) groups is 1. The first-order valence-corrected chi connectivity index (χ1v) is 10.6. The van der Waals surface area contributed by atoms with Gasteiger partial charge in [0.2, 0.25) is 11.7 Å². The van der Waals surface area contributed by atoms with Crippen LogP contribution in [0.3, 0.4) is 0 Å². The molecule has 1 amide bonds. The molecule has 162 valence electrons. The van der Waals surface area contributed by atoms with Crippen molar-refractivity contribution >= 4 is 34.8 Å². The van der Waals surface area contributed by atoms with E-state index in [-0.39, 0.29) is 11.7 Å². The average Bonchev–Trinajstić information content (AvgIpc) is 2.77. The van der Waals surface area contributed by atoms with Crippen molar-refractivity contribution in [2.75, 3.05) is 27.1 Å². The molecule has 1 aromatic heterocycles. The smallest absolute Gasteiger partial charge is 0.250 e. The van der Waals surface area contributed by atoms with Crippen LogP contribution in [0.25, 0.3) is 10.9 Å². The monoisotopic (exact) mass is 439 g/mol. The maximum Gasteiger partial charge on any atom is 0.250 e. The van der Waals surface area contributed by atoms with E-state index >= 15 is 0 Å². The highest BCUT2D eigenvalue weighted by Crippen LogP contribution is 2.37. The summed E-state index contributed by atoms with van der Waals surface area (Å²) < 4.78 is 16.0. The number of methoxy groups -OCH3 is 3. The summed E-state index contributed by atoms with van der Waals surface area (Å²) in [6, 6.07) is 11.6. The largest absolute Gasteiger partial charge is 0.493 e. The van der Waals surface area contributed by atoms with Crippen LogP contribution in [0.4, 0.5) is 0 Å². The highest BCUT2D eigenvalue weighted by Gasteiger charge is 2.13. The van der Waals surface area contributed by atoms with E-state index < -0.39 is 0 Å². The molecule has 0 aliphatic carbocycles. The number of hydrogen-bond acceptors (Lipinski definition) is 7. The lowest BCUT2D eigenvalue weighted by molar-refractivity contribution is -0.118. The molecular formula is C23H25N3O4S. The lowest BCUT2D eigenvalue weighted by Gasteiger charge is -2.12. The van der Waals surface area contributed by atoms with Crippen LogP contribution in [0.5, 0.6) is 17.2 Å². The Kier molecular flexibility index (Phi) is 7.36. The molecule has 2 aromatic carbocycles. The van der Waals surface area contributed by atoms with Crippen LogP contribution in [0.15, 0.2) is 46.4 Å². The predicted octanol–water partition coefficient (Wildman–Crippen LogP) is 4.12. The standard InChI is InChI=1S/C23H25N3O4S/c1-14-7-6-8-17-20(9-15(2)25-22(14)17)31-13-21(27)26-24-12-16-10-18(28-3)23(30-5)19(11-16)29-4/h6-12H,13H2,1-5H3,(H,26,27)/b24-12+. The fraction of sp³-hybridized carbons (Fsp3) is 0.261. The molecule has 0 bridgehead atoms. The molecule has 1 N–H and O–H groups in total. The number of pyridine rings is 1. The molecule has 7 nitrogen and oxygen atoms in total. The van der Waals surface area contributed by atoms with E-state index in [0.29, 0.717) is 22.8 Å². The fourth-order valence-corrected chi connectivity index (χ4v) is 4.06. The highest BCUT2D eigenvalue weighted by molar-refractivity contribution is 8.00. The lowest BCUT2D eigenvalue weighted by atomic mass is 10.1. The van der Waals surface area contributed by atoms with Gasteiger partial charge in [0, 0.05) is 21.5 Å². The van der Waals surface area contributed by atoms with Crippen LogP contribution in [0, 0.1) is 13.8 Å². The van der Waals surface area contributed by atoms with Gasteiger partial charge in [-0.3, -0.25) is 9.78 Å². The molecule has 0 saturated carbocycles. The van der Waals surface area contributed by atoms with Gasteiger partial charge in [0.25, 0.3) is 0 Å². The van der Waals surface area contributed by atoms with Crippen molar-refractivity contribution in [1.29, 1.82) is 0 Å². The van der Waals surface area contributed by atoms with E-state index in [4.69, 9.17) is 14.2 Å². The van der Waals surface area contributed by atoms with Gasteiger partial charge in [-0.05, 0) is 37.6 Å². The Morgan fingerprint density at radius 2 is 1.81 bits per heavy atom. The van der Waals surface area contributed by atoms with Gasteiger partial charge in [-0.25, -0.2) is 5.43 Å². The number of carbonyl (C=O) groups excluding carboxylic acids is 1. The summed E-state index contributed by atoms with van der Waals surface area (Å²) in [6.07, 6.45) is 1.53. The van der Waals surface area contributed by atoms with Crippen molar-refractivity contribution in [2.24, 2.45) is 5.10 Å². The van der Waals surface area contributed by atoms with Crippen LogP contribution in [-0.4, -0.2) is 44.2 Å². The Morgan fingerprint density at radius 3 is 2.45 bits per heavy atom. The van der Waals surface area contributed by atoms with E-state index in [1.54, 1.807) is 33.5 Å². The number of benzene rings is 2. The third kappa shape index (κ3) is 5.27. The number of aromatic nitrogens is 1. The molecule has 0 unspecified atom stereocenters. The molecule has 0 saturated heterocycles. The van der Waals surface area contributed by atoms with Crippen LogP contribution in [-0.2, 0) is 4.79 Å². The lowest BCUT2D eigenvalue weighted by Crippen LogP contribution is -2.19. The third-order valence-corrected chi connectivity index (χ3v) is 5.64. The summed E-state index contributed by atoms with van der Waals surface area (Å²) in [6.45, 7) is 3.99. The van der Waals surface area contributed by atoms with Crippen LogP contribution in [0.2, 0.25) is 0 Å². The maximum absolute atomic E-state index is 12.3. The van der Waals surface area contributed by atoms with Gasteiger partial charge < -0.3 is 14.2 Å². The summed E-state index contributed by atoms with van der Waals surface area (Å²) in [5.41, 5.74) is 6.26. The molecule has 0 spiro atoms. The number of fused-ring (bicyclic) bond motifs is 1. The maximum atomic E-state index is 12.3. The highest BCUT2D eigenvalue weighted by atomic mass is 32.2. The van der Waals surface area contributed by atoms with Crippen LogP contribution in [0.1, 0.15) is 16.8 Å². The molecule has 3 aromatic rings. The number of carbonyl (C=O) groups is 1. The Labute approximate surface area is 185 Å². The molecule has 0 atom stereocenters. The zero-order valence-electron chi connectivity index (χ0n) is 18.2. The van der Waals surface area contributed by atoms with E-state index in [9.17, 15) is 4.79 Å². The average molecular weight is 440 g/mol. The summed E-state index contributed by atoms with van der Waals surface area (Å²) >= 11 is 1.46. The zero-order valence-corrected chi connectivity index (χ0v) is 19.0. The van der Waals surface area contributed by atoms with Crippen molar-refractivity contribution in [3.8, 4) is 17.2 Å². The first-order valence-electron chi connectivity index (χ1n) is 9.58. The van der Waals surface area contributed by atoms with E-state index in [1.165, 1.54) is 18.0 Å². The minimum atomic E-state index is -0.205. The molecular weight excluding hydrogens is 414 g/mol. The number of nitrogens with zero attached hydrogens (tertiary/aromatic N) is 2. The molecule has 8 heteroatoms. The fourth-order valence-electron chi connectivity index (χ4n) is 3.13. The van der Waals surface area contributed by atoms with Gasteiger partial charge in [0.05, 0.1) is 38.8 Å². The molecule has 3 rings (SSSR count). The van der Waals surface area contributed by atoms with Crippen molar-refractivity contribution in [1.82, 2.24) is 10.4 Å². The molecule has 0 aliphatic heterocycles. The van der Waals surface area contributed by atoms with E-state index in [2.05, 4.69) is 15.5 Å². The topological polar surface area (TPSA) is 82.0 Å². The molecule has 0 fully saturated rings. The van der Waals surface area contributed by atoms with Gasteiger partial charge in [0.15, 0.2) is 11.5 Å². The Morgan fingerprint density at radius 1 is 1.10 bits per heavy atom. The number of aryl methyl sites for hydroxylation is 2. The zero-order chi connectivity index (χ0) is 22.4. The van der Waals surface area contributed by atoms with E-state index in [0.717, 1.165) is 27.1 Å². The molecule has 0 radical (unpaired) electrons. The summed E-state index contributed by atoms with van der Waals surface area (Å²) in [5.74, 6) is 1.56. The normalized spacial score (nSPS) is 11.0. The number of para-hydroxylation sites is 1. The number of rotatable bonds is 8. The van der Waals surface area contributed by atoms with E-state index in [1.807, 2.05) is 38.1 Å². The second-order valence-corrected chi connectivity index (χ2v) is 7.79. The van der Waals surface area contributed by atoms with Crippen molar-refractivity contribution in [2.45, 2.75) is 18.7 Å². The minimum absolute atomic E-state index is 0.205. The number of hydrogen-bond donors (Lipinski definition) is 1. The first-order chi connectivity index (χ1) is 15.0. The van der Waals surface area contributed by atoms with Gasteiger partial charge in [-0.15, -0.1) is 11.8 Å². The Bertz CT molecular complexity index is 1110. The van der Waals surface area contributed by atoms with Crippen molar-refractivity contribution in [3.05, 3.63) is 53.2 Å². The second-order valence-electron chi connectivity index (χ2n) is 6.77. The van der Waals surface area contributed by atoms with Gasteiger partial charge >= 0.3 is 0 Å². The number of amides is 1. The molecule has 31 heavy (non-hydrogen) atoms. The van der Waals surface area contributed by atoms with Crippen LogP contribution >= 0.6 is 11.8 Å². The minimum Gasteiger partial charge on any atom is -0.493 e. The number of nitrogens with one attached hydrogen (secondary N) is 1. The first kappa shape index (κ1) is 22.4. The second kappa shape index (κ2) is 10.2. The summed E-state index contributed by atoms with van der Waals surface area (Å²) in [5, 5.41) is 5.10. The predicted molar refractivity (Wildman–Crippen MR) is 124 cm³/mol. The van der Waals surface area contributed by atoms with Gasteiger partial charge in [-0.2, -0.15) is 5.10 Å². The van der Waals surface area contributed by atoms with Crippen molar-refractivity contribution in [3.63, 3.8) is 0 Å². The Hall–Kier alpha value is -3.26. The molecule has 0 aliphatic rings. The molecule has 1 heterocycles. The quantitative estimate of drug-likeness (QED) is 0.323. The summed E-state index contributed by atoms with van der Waals surface area (Å²) in [4.78, 5) is 18.0. The Balaban J connectivity index is 1.67. The SMILES string of the molecule is COc1cc(/C=N/NC(=O)CSc2cc(C)nc3c(C)cccc23)cc(OC)c1OC. The van der Waals surface area contributed by atoms with Crippen LogP contribution < -0.4 is 19.6 Å².